The molecule has 4 aromatic rings. The molecule has 0 amide bonds. The van der Waals surface area contributed by atoms with Gasteiger partial charge in [0.2, 0.25) is 0 Å². The van der Waals surface area contributed by atoms with Gasteiger partial charge >= 0.3 is 23.9 Å². The first-order valence-corrected chi connectivity index (χ1v) is 6.82. The molecule has 124 valence electrons. The van der Waals surface area contributed by atoms with Crippen molar-refractivity contribution in [2.75, 3.05) is 0 Å². The minimum atomic E-state index is -1.44. The van der Waals surface area contributed by atoms with Crippen molar-refractivity contribution >= 4 is 50.9 Å². The van der Waals surface area contributed by atoms with Crippen LogP contribution in [0.15, 0.2) is 28.9 Å². The van der Waals surface area contributed by atoms with Gasteiger partial charge in [-0.3, -0.25) is 9.55 Å². The van der Waals surface area contributed by atoms with Crippen LogP contribution in [0.3, 0.4) is 0 Å². The van der Waals surface area contributed by atoms with Crippen LogP contribution in [-0.2, 0) is 0 Å². The molecule has 10 heteroatoms. The average molecular weight is 341 g/mol. The van der Waals surface area contributed by atoms with Gasteiger partial charge in [-0.25, -0.2) is 19.4 Å². The molecule has 4 rings (SSSR count). The van der Waals surface area contributed by atoms with Crippen molar-refractivity contribution in [1.82, 2.24) is 14.5 Å². The van der Waals surface area contributed by atoms with Gasteiger partial charge in [-0.2, -0.15) is 0 Å². The van der Waals surface area contributed by atoms with E-state index in [0.29, 0.717) is 5.39 Å². The minimum absolute atomic E-state index is 0.0357. The summed E-state index contributed by atoms with van der Waals surface area (Å²) in [7, 11) is 0. The van der Waals surface area contributed by atoms with Gasteiger partial charge in [0.15, 0.2) is 5.58 Å². The molecule has 0 aliphatic carbocycles. The summed E-state index contributed by atoms with van der Waals surface area (Å²) in [6.07, 6.45) is 0.957. The second-order valence-electron chi connectivity index (χ2n) is 5.13. The number of aromatic nitrogens is 3. The van der Waals surface area contributed by atoms with Crippen LogP contribution in [0.5, 0.6) is 0 Å². The van der Waals surface area contributed by atoms with Crippen LogP contribution in [0.4, 0.5) is 4.79 Å². The number of aromatic carboxylic acids is 2. The average Bonchev–Trinajstić information content (AvgIpc) is 3.17. The van der Waals surface area contributed by atoms with Crippen LogP contribution in [0.1, 0.15) is 21.0 Å². The maximum Gasteiger partial charge on any atom is 0.416 e. The van der Waals surface area contributed by atoms with Gasteiger partial charge in [0.25, 0.3) is 0 Å². The maximum absolute atomic E-state index is 11.6. The van der Waals surface area contributed by atoms with E-state index in [9.17, 15) is 24.6 Å². The number of hydrogen-bond donors (Lipinski definition) is 3. The van der Waals surface area contributed by atoms with Gasteiger partial charge in [0.1, 0.15) is 11.0 Å². The lowest BCUT2D eigenvalue weighted by atomic mass is 10.1. The van der Waals surface area contributed by atoms with Gasteiger partial charge < -0.3 is 19.7 Å². The third kappa shape index (κ3) is 1.87. The Morgan fingerprint density at radius 1 is 1.08 bits per heavy atom. The Hall–Kier alpha value is -3.95. The highest BCUT2D eigenvalue weighted by atomic mass is 16.4. The third-order valence-corrected chi connectivity index (χ3v) is 3.77. The van der Waals surface area contributed by atoms with E-state index in [-0.39, 0.29) is 33.1 Å². The molecule has 0 aliphatic rings. The monoisotopic (exact) mass is 341 g/mol. The highest BCUT2D eigenvalue weighted by molar-refractivity contribution is 6.26. The minimum Gasteiger partial charge on any atom is -0.478 e. The van der Waals surface area contributed by atoms with E-state index in [1.807, 2.05) is 0 Å². The number of benzene rings is 1. The van der Waals surface area contributed by atoms with E-state index in [4.69, 9.17) is 9.52 Å². The Morgan fingerprint density at radius 2 is 1.84 bits per heavy atom. The van der Waals surface area contributed by atoms with Crippen LogP contribution in [0.2, 0.25) is 0 Å². The van der Waals surface area contributed by atoms with E-state index in [0.717, 1.165) is 10.8 Å². The number of carboxylic acid groups (broad SMARTS) is 3. The van der Waals surface area contributed by atoms with E-state index < -0.39 is 23.9 Å². The third-order valence-electron chi connectivity index (χ3n) is 3.77. The molecule has 25 heavy (non-hydrogen) atoms. The first-order valence-electron chi connectivity index (χ1n) is 6.82. The molecule has 3 N–H and O–H groups in total. The fourth-order valence-corrected chi connectivity index (χ4v) is 2.84. The van der Waals surface area contributed by atoms with Gasteiger partial charge in [-0.1, -0.05) is 0 Å². The maximum atomic E-state index is 11.6. The van der Waals surface area contributed by atoms with E-state index in [2.05, 4.69) is 9.97 Å². The molecule has 3 heterocycles. The summed E-state index contributed by atoms with van der Waals surface area (Å²) in [4.78, 5) is 42.3. The highest BCUT2D eigenvalue weighted by Crippen LogP contribution is 2.37. The highest BCUT2D eigenvalue weighted by Gasteiger charge is 2.27. The first-order chi connectivity index (χ1) is 11.9. The van der Waals surface area contributed by atoms with Crippen LogP contribution in [-0.4, -0.2) is 47.9 Å². The van der Waals surface area contributed by atoms with E-state index >= 15 is 0 Å². The number of nitrogens with zero attached hydrogens (tertiary/aromatic N) is 3. The van der Waals surface area contributed by atoms with Crippen LogP contribution < -0.4 is 0 Å². The molecule has 0 aliphatic heterocycles. The summed E-state index contributed by atoms with van der Waals surface area (Å²) in [6.45, 7) is 0. The standard InChI is InChI=1S/C15H7N3O7/c19-13(20)6-4-18(15(23)24)10-5-2-1-3-16-8(5)9-11(7(6)10)25-12(17-9)14(21)22/h1-4H,(H,19,20)(H,21,22)(H,23,24). The number of pyridine rings is 1. The summed E-state index contributed by atoms with van der Waals surface area (Å²) in [5.41, 5.74) is -0.198. The van der Waals surface area contributed by atoms with Crippen molar-refractivity contribution in [3.05, 3.63) is 36.0 Å². The molecular formula is C15H7N3O7. The summed E-state index contributed by atoms with van der Waals surface area (Å²) >= 11 is 0. The van der Waals surface area contributed by atoms with Crippen molar-refractivity contribution in [2.45, 2.75) is 0 Å². The largest absolute Gasteiger partial charge is 0.478 e. The number of carboxylic acids is 2. The zero-order valence-corrected chi connectivity index (χ0v) is 12.1. The normalized spacial score (nSPS) is 11.4. The van der Waals surface area contributed by atoms with Gasteiger partial charge in [0, 0.05) is 17.8 Å². The first kappa shape index (κ1) is 14.6. The predicted molar refractivity (Wildman–Crippen MR) is 82.1 cm³/mol. The number of oxazole rings is 1. The fourth-order valence-electron chi connectivity index (χ4n) is 2.84. The van der Waals surface area contributed by atoms with Crippen molar-refractivity contribution in [3.8, 4) is 0 Å². The zero-order valence-electron chi connectivity index (χ0n) is 12.1. The molecule has 0 spiro atoms. The SMILES string of the molecule is O=C(O)c1nc2c3ncccc3c3c(c(C(=O)O)cn3C(=O)O)c2o1. The fraction of sp³-hybridized carbons (Fsp3) is 0. The molecule has 0 atom stereocenters. The Bertz CT molecular complexity index is 1230. The molecule has 1 aromatic carbocycles. The Kier molecular flexibility index (Phi) is 2.79. The van der Waals surface area contributed by atoms with Gasteiger partial charge in [-0.05, 0) is 12.1 Å². The summed E-state index contributed by atoms with van der Waals surface area (Å²) in [5, 5.41) is 28.2. The lowest BCUT2D eigenvalue weighted by Gasteiger charge is -2.03. The van der Waals surface area contributed by atoms with Gasteiger partial charge in [0.05, 0.1) is 16.5 Å². The van der Waals surface area contributed by atoms with Crippen LogP contribution in [0.25, 0.3) is 32.9 Å². The van der Waals surface area contributed by atoms with Gasteiger partial charge in [-0.15, -0.1) is 0 Å². The van der Waals surface area contributed by atoms with E-state index in [1.54, 1.807) is 12.1 Å². The number of carbonyl (C=O) groups is 3. The molecule has 0 unspecified atom stereocenters. The summed E-state index contributed by atoms with van der Waals surface area (Å²) in [6, 6.07) is 3.09. The van der Waals surface area contributed by atoms with Crippen LogP contribution >= 0.6 is 0 Å². The lowest BCUT2D eigenvalue weighted by molar-refractivity contribution is 0.0654. The van der Waals surface area contributed by atoms with Crippen LogP contribution in [0, 0.1) is 0 Å². The molecular weight excluding hydrogens is 334 g/mol. The topological polar surface area (TPSA) is 156 Å². The second kappa shape index (κ2) is 4.77. The molecule has 0 saturated carbocycles. The van der Waals surface area contributed by atoms with Crippen molar-refractivity contribution in [3.63, 3.8) is 0 Å². The Balaban J connectivity index is 2.38. The molecule has 0 saturated heterocycles. The summed E-state index contributed by atoms with van der Waals surface area (Å²) < 4.78 is 5.96. The molecule has 0 bridgehead atoms. The Morgan fingerprint density at radius 3 is 2.48 bits per heavy atom. The number of rotatable bonds is 2. The molecule has 0 fully saturated rings. The van der Waals surface area contributed by atoms with Crippen molar-refractivity contribution in [1.29, 1.82) is 0 Å². The van der Waals surface area contributed by atoms with Crippen molar-refractivity contribution in [2.24, 2.45) is 0 Å². The summed E-state index contributed by atoms with van der Waals surface area (Å²) in [5.74, 6) is -3.47. The lowest BCUT2D eigenvalue weighted by Crippen LogP contribution is -2.06. The zero-order chi connectivity index (χ0) is 17.9. The number of hydrogen-bond acceptors (Lipinski definition) is 6. The molecule has 10 nitrogen and oxygen atoms in total. The smallest absolute Gasteiger partial charge is 0.416 e. The van der Waals surface area contributed by atoms with Crippen molar-refractivity contribution < 1.29 is 34.1 Å². The molecule has 3 aromatic heterocycles. The second-order valence-corrected chi connectivity index (χ2v) is 5.13. The quantitative estimate of drug-likeness (QED) is 0.497. The molecule has 0 radical (unpaired) electrons. The predicted octanol–water partition coefficient (Wildman–Crippen LogP) is 2.25. The Labute approximate surface area is 136 Å². The number of fused-ring (bicyclic) bond motifs is 6. The van der Waals surface area contributed by atoms with E-state index in [1.165, 1.54) is 6.20 Å².